The molecule has 11 heavy (non-hydrogen) atoms. The van der Waals surface area contributed by atoms with Gasteiger partial charge in [-0.2, -0.15) is 0 Å². The van der Waals surface area contributed by atoms with Crippen molar-refractivity contribution in [3.05, 3.63) is 16.6 Å². The Kier molecular flexibility index (Phi) is 3.00. The molecule has 0 aliphatic rings. The van der Waals surface area contributed by atoms with E-state index in [2.05, 4.69) is 9.72 Å². The average molecular weight is 172 g/mol. The van der Waals surface area contributed by atoms with Crippen LogP contribution in [0.2, 0.25) is 0 Å². The van der Waals surface area contributed by atoms with Crippen LogP contribution in [0.25, 0.3) is 0 Å². The summed E-state index contributed by atoms with van der Waals surface area (Å²) in [5.41, 5.74) is 7.30. The van der Waals surface area contributed by atoms with Gasteiger partial charge in [-0.25, -0.2) is 0 Å². The van der Waals surface area contributed by atoms with E-state index in [1.54, 1.807) is 11.7 Å². The first-order valence-electron chi connectivity index (χ1n) is 3.04. The molecule has 1 atom stereocenters. The predicted molar refractivity (Wildman–Crippen MR) is 41.1 cm³/mol. The first-order valence-corrected chi connectivity index (χ1v) is 3.91. The smallest absolute Gasteiger partial charge is 0.293 e. The second kappa shape index (κ2) is 4.05. The summed E-state index contributed by atoms with van der Waals surface area (Å²) < 4.78 is 4.49. The summed E-state index contributed by atoms with van der Waals surface area (Å²) in [7, 11) is 0. The van der Waals surface area contributed by atoms with Gasteiger partial charge >= 0.3 is 0 Å². The van der Waals surface area contributed by atoms with Gasteiger partial charge in [-0.15, -0.1) is 11.3 Å². The minimum atomic E-state index is -0.243. The second-order valence-corrected chi connectivity index (χ2v) is 2.86. The number of carbonyl (C=O) groups excluding carboxylic acids is 1. The number of nitrogens with zero attached hydrogens (tertiary/aromatic N) is 1. The van der Waals surface area contributed by atoms with E-state index in [4.69, 9.17) is 5.73 Å². The molecular weight excluding hydrogens is 164 g/mol. The van der Waals surface area contributed by atoms with E-state index in [0.29, 0.717) is 6.47 Å². The van der Waals surface area contributed by atoms with Gasteiger partial charge in [0.1, 0.15) is 6.61 Å². The molecule has 5 heteroatoms. The summed E-state index contributed by atoms with van der Waals surface area (Å²) >= 11 is 1.45. The maximum absolute atomic E-state index is 9.79. The summed E-state index contributed by atoms with van der Waals surface area (Å²) in [6.45, 7) is 0.604. The van der Waals surface area contributed by atoms with Crippen molar-refractivity contribution in [2.45, 2.75) is 6.04 Å². The van der Waals surface area contributed by atoms with E-state index < -0.39 is 0 Å². The molecule has 0 spiro atoms. The number of carbonyl (C=O) groups is 1. The number of nitrogens with two attached hydrogens (primary N) is 1. The fourth-order valence-electron chi connectivity index (χ4n) is 0.634. The van der Waals surface area contributed by atoms with Crippen molar-refractivity contribution >= 4 is 17.8 Å². The summed E-state index contributed by atoms with van der Waals surface area (Å²) in [5, 5.41) is 0. The van der Waals surface area contributed by atoms with E-state index in [9.17, 15) is 4.79 Å². The van der Waals surface area contributed by atoms with Crippen LogP contribution >= 0.6 is 11.3 Å². The van der Waals surface area contributed by atoms with Crippen LogP contribution in [-0.2, 0) is 9.53 Å². The third-order valence-electron chi connectivity index (χ3n) is 1.16. The standard InChI is InChI=1S/C6H8N2O2S/c7-5(2-10-4-9)6-1-8-3-11-6/h1,3-5H,2,7H2. The van der Waals surface area contributed by atoms with Crippen molar-refractivity contribution in [3.63, 3.8) is 0 Å². The van der Waals surface area contributed by atoms with E-state index in [1.807, 2.05) is 0 Å². The van der Waals surface area contributed by atoms with Crippen LogP contribution in [-0.4, -0.2) is 18.1 Å². The molecule has 0 saturated heterocycles. The van der Waals surface area contributed by atoms with E-state index in [1.165, 1.54) is 11.3 Å². The number of hydrogen-bond donors (Lipinski definition) is 1. The van der Waals surface area contributed by atoms with Gasteiger partial charge in [-0.1, -0.05) is 0 Å². The molecular formula is C6H8N2O2S. The number of hydrogen-bond acceptors (Lipinski definition) is 5. The highest BCUT2D eigenvalue weighted by Crippen LogP contribution is 2.13. The Morgan fingerprint density at radius 1 is 1.91 bits per heavy atom. The van der Waals surface area contributed by atoms with Crippen LogP contribution in [0.4, 0.5) is 0 Å². The SMILES string of the molecule is NC(COC=O)c1cncs1. The normalized spacial score (nSPS) is 12.5. The van der Waals surface area contributed by atoms with Gasteiger partial charge in [0.15, 0.2) is 0 Å². The maximum Gasteiger partial charge on any atom is 0.293 e. The monoisotopic (exact) mass is 172 g/mol. The second-order valence-electron chi connectivity index (χ2n) is 1.94. The maximum atomic E-state index is 9.79. The van der Waals surface area contributed by atoms with Gasteiger partial charge in [0, 0.05) is 11.1 Å². The topological polar surface area (TPSA) is 65.2 Å². The first kappa shape index (κ1) is 8.16. The number of aromatic nitrogens is 1. The molecule has 0 aliphatic heterocycles. The Hall–Kier alpha value is -0.940. The van der Waals surface area contributed by atoms with Gasteiger partial charge in [-0.05, 0) is 0 Å². The zero-order chi connectivity index (χ0) is 8.10. The Morgan fingerprint density at radius 2 is 2.73 bits per heavy atom. The zero-order valence-electron chi connectivity index (χ0n) is 5.77. The molecule has 4 nitrogen and oxygen atoms in total. The highest BCUT2D eigenvalue weighted by Gasteiger charge is 2.06. The molecule has 0 fully saturated rings. The minimum absolute atomic E-state index is 0.214. The van der Waals surface area contributed by atoms with Gasteiger partial charge in [0.2, 0.25) is 0 Å². The summed E-state index contributed by atoms with van der Waals surface area (Å²) in [5.74, 6) is 0. The Morgan fingerprint density at radius 3 is 3.27 bits per heavy atom. The van der Waals surface area contributed by atoms with E-state index in [0.717, 1.165) is 4.88 Å². The largest absolute Gasteiger partial charge is 0.466 e. The molecule has 60 valence electrons. The highest BCUT2D eigenvalue weighted by atomic mass is 32.1. The van der Waals surface area contributed by atoms with Gasteiger partial charge < -0.3 is 10.5 Å². The number of thiazole rings is 1. The van der Waals surface area contributed by atoms with Crippen molar-refractivity contribution in [2.24, 2.45) is 5.73 Å². The molecule has 1 heterocycles. The van der Waals surface area contributed by atoms with E-state index >= 15 is 0 Å². The molecule has 1 aromatic rings. The molecule has 1 aromatic heterocycles. The molecule has 0 bridgehead atoms. The predicted octanol–water partition coefficient (Wildman–Crippen LogP) is 0.316. The molecule has 0 radical (unpaired) electrons. The molecule has 2 N–H and O–H groups in total. The molecule has 0 amide bonds. The third-order valence-corrected chi connectivity index (χ3v) is 2.07. The first-order chi connectivity index (χ1) is 5.34. The summed E-state index contributed by atoms with van der Waals surface area (Å²) in [4.78, 5) is 14.6. The fraction of sp³-hybridized carbons (Fsp3) is 0.333. The number of rotatable bonds is 4. The Balaban J connectivity index is 2.42. The molecule has 1 rings (SSSR count). The lowest BCUT2D eigenvalue weighted by molar-refractivity contribution is -0.129. The fourth-order valence-corrected chi connectivity index (χ4v) is 1.24. The van der Waals surface area contributed by atoms with Gasteiger partial charge in [0.05, 0.1) is 11.6 Å². The van der Waals surface area contributed by atoms with Crippen molar-refractivity contribution in [1.82, 2.24) is 4.98 Å². The van der Waals surface area contributed by atoms with Crippen molar-refractivity contribution in [1.29, 1.82) is 0 Å². The van der Waals surface area contributed by atoms with Crippen molar-refractivity contribution in [3.8, 4) is 0 Å². The summed E-state index contributed by atoms with van der Waals surface area (Å²) in [6.07, 6.45) is 1.67. The van der Waals surface area contributed by atoms with Crippen LogP contribution in [0.1, 0.15) is 10.9 Å². The van der Waals surface area contributed by atoms with Crippen LogP contribution in [0.15, 0.2) is 11.7 Å². The zero-order valence-corrected chi connectivity index (χ0v) is 6.58. The van der Waals surface area contributed by atoms with Crippen LogP contribution in [0.5, 0.6) is 0 Å². The van der Waals surface area contributed by atoms with Crippen LogP contribution in [0.3, 0.4) is 0 Å². The highest BCUT2D eigenvalue weighted by molar-refractivity contribution is 7.09. The van der Waals surface area contributed by atoms with Gasteiger partial charge in [0.25, 0.3) is 6.47 Å². The van der Waals surface area contributed by atoms with Crippen LogP contribution in [0, 0.1) is 0 Å². The van der Waals surface area contributed by atoms with Crippen molar-refractivity contribution < 1.29 is 9.53 Å². The Bertz CT molecular complexity index is 212. The lowest BCUT2D eigenvalue weighted by Crippen LogP contribution is -2.15. The average Bonchev–Trinajstić information content (AvgIpc) is 2.52. The number of ether oxygens (including phenoxy) is 1. The molecule has 0 aromatic carbocycles. The molecule has 0 saturated carbocycles. The molecule has 0 aliphatic carbocycles. The van der Waals surface area contributed by atoms with Crippen LogP contribution < -0.4 is 5.73 Å². The lowest BCUT2D eigenvalue weighted by Gasteiger charge is -2.05. The lowest BCUT2D eigenvalue weighted by atomic mass is 10.3. The van der Waals surface area contributed by atoms with Crippen molar-refractivity contribution in [2.75, 3.05) is 6.61 Å². The third kappa shape index (κ3) is 2.28. The Labute approximate surface area is 68.0 Å². The van der Waals surface area contributed by atoms with E-state index in [-0.39, 0.29) is 12.6 Å². The quantitative estimate of drug-likeness (QED) is 0.664. The molecule has 1 unspecified atom stereocenters. The van der Waals surface area contributed by atoms with Gasteiger partial charge in [-0.3, -0.25) is 9.78 Å². The minimum Gasteiger partial charge on any atom is -0.466 e. The summed E-state index contributed by atoms with van der Waals surface area (Å²) in [6, 6.07) is -0.243.